The normalized spacial score (nSPS) is 10.4. The molecule has 0 atom stereocenters. The average molecular weight is 484 g/mol. The fraction of sp³-hybridized carbons (Fsp3) is 0.238. The maximum atomic E-state index is 11.6. The van der Waals surface area contributed by atoms with Gasteiger partial charge in [0, 0.05) is 32.1 Å². The van der Waals surface area contributed by atoms with Gasteiger partial charge in [0.05, 0.1) is 4.88 Å². The van der Waals surface area contributed by atoms with E-state index in [4.69, 9.17) is 16.3 Å². The highest BCUT2D eigenvalue weighted by atomic mass is 35.5. The van der Waals surface area contributed by atoms with E-state index in [0.29, 0.717) is 24.0 Å². The molecular weight excluding hydrogens is 461 g/mol. The van der Waals surface area contributed by atoms with Crippen molar-refractivity contribution in [1.82, 2.24) is 15.2 Å². The Hall–Kier alpha value is -1.77. The first-order valence-electron chi connectivity index (χ1n) is 9.02. The lowest BCUT2D eigenvalue weighted by atomic mass is 10.2. The van der Waals surface area contributed by atoms with Gasteiger partial charge in [0.25, 0.3) is 5.91 Å². The van der Waals surface area contributed by atoms with Crippen molar-refractivity contribution in [2.45, 2.75) is 22.3 Å². The number of hydrogen-bond donors (Lipinski definition) is 1. The van der Waals surface area contributed by atoms with Crippen LogP contribution in [0.2, 0.25) is 5.15 Å². The number of aromatic nitrogens is 1. The van der Waals surface area contributed by atoms with Gasteiger partial charge in [-0.15, -0.1) is 23.7 Å². The summed E-state index contributed by atoms with van der Waals surface area (Å²) in [5.74, 6) is 0.606. The molecular formula is C21H23Cl2N3O2S2. The van der Waals surface area contributed by atoms with Crippen LogP contribution >= 0.6 is 47.1 Å². The first kappa shape index (κ1) is 24.5. The molecule has 0 fully saturated rings. The van der Waals surface area contributed by atoms with Gasteiger partial charge < -0.3 is 15.0 Å². The topological polar surface area (TPSA) is 54.5 Å². The Morgan fingerprint density at radius 3 is 2.67 bits per heavy atom. The Morgan fingerprint density at radius 2 is 1.93 bits per heavy atom. The third-order valence-electron chi connectivity index (χ3n) is 3.95. The molecule has 0 aliphatic carbocycles. The molecule has 0 aliphatic heterocycles. The maximum absolute atomic E-state index is 11.6. The number of amides is 1. The van der Waals surface area contributed by atoms with E-state index in [1.165, 1.54) is 4.90 Å². The van der Waals surface area contributed by atoms with Crippen molar-refractivity contribution < 1.29 is 9.53 Å². The first-order chi connectivity index (χ1) is 14.0. The van der Waals surface area contributed by atoms with Crippen LogP contribution in [-0.4, -0.2) is 36.5 Å². The summed E-state index contributed by atoms with van der Waals surface area (Å²) in [5.41, 5.74) is 1.07. The minimum Gasteiger partial charge on any atom is -0.484 e. The molecule has 0 unspecified atom stereocenters. The third kappa shape index (κ3) is 7.49. The van der Waals surface area contributed by atoms with Gasteiger partial charge in [-0.25, -0.2) is 4.98 Å². The van der Waals surface area contributed by atoms with Crippen molar-refractivity contribution in [2.75, 3.05) is 20.7 Å². The summed E-state index contributed by atoms with van der Waals surface area (Å²) in [7, 11) is 3.42. The number of carbonyl (C=O) groups excluding carboxylic acids is 1. The number of thiazole rings is 1. The zero-order valence-electron chi connectivity index (χ0n) is 16.6. The number of nitrogens with one attached hydrogen (secondary N) is 1. The minimum atomic E-state index is -0.0717. The predicted octanol–water partition coefficient (Wildman–Crippen LogP) is 5.13. The van der Waals surface area contributed by atoms with Gasteiger partial charge in [0.15, 0.2) is 10.9 Å². The van der Waals surface area contributed by atoms with Crippen molar-refractivity contribution in [1.29, 1.82) is 0 Å². The molecule has 0 saturated carbocycles. The lowest BCUT2D eigenvalue weighted by Crippen LogP contribution is -2.27. The second kappa shape index (κ2) is 12.2. The standard InChI is InChI=1S/C21H22ClN3O2S2.ClH/c1-25(2)19(26)14-27-16-8-6-7-15(11-16)12-23-13-18-20(22)24-21(29-18)28-17-9-4-3-5-10-17;/h3-11,23H,12-14H2,1-2H3;1H. The summed E-state index contributed by atoms with van der Waals surface area (Å²) >= 11 is 9.51. The van der Waals surface area contributed by atoms with Crippen molar-refractivity contribution >= 4 is 53.0 Å². The fourth-order valence-electron chi connectivity index (χ4n) is 2.39. The molecule has 3 aromatic rings. The Labute approximate surface area is 196 Å². The molecule has 0 radical (unpaired) electrons. The van der Waals surface area contributed by atoms with Crippen LogP contribution in [-0.2, 0) is 17.9 Å². The second-order valence-corrected chi connectivity index (χ2v) is 9.20. The summed E-state index contributed by atoms with van der Waals surface area (Å²) < 4.78 is 6.49. The SMILES string of the molecule is CN(C)C(=O)COc1cccc(CNCc2sc(Sc3ccccc3)nc2Cl)c1.Cl. The second-order valence-electron chi connectivity index (χ2n) is 6.44. The molecule has 1 heterocycles. The van der Waals surface area contributed by atoms with Crippen LogP contribution in [0, 0.1) is 0 Å². The summed E-state index contributed by atoms with van der Waals surface area (Å²) in [6, 6.07) is 17.8. The molecule has 3 rings (SSSR count). The Morgan fingerprint density at radius 1 is 1.17 bits per heavy atom. The van der Waals surface area contributed by atoms with Gasteiger partial charge in [0.1, 0.15) is 10.9 Å². The third-order valence-corrected chi connectivity index (χ3v) is 6.50. The lowest BCUT2D eigenvalue weighted by Gasteiger charge is -2.12. The molecule has 0 bridgehead atoms. The number of nitrogens with zero attached hydrogens (tertiary/aromatic N) is 2. The van der Waals surface area contributed by atoms with Crippen molar-refractivity contribution in [3.05, 3.63) is 70.2 Å². The van der Waals surface area contributed by atoms with E-state index >= 15 is 0 Å². The van der Waals surface area contributed by atoms with Crippen molar-refractivity contribution in [2.24, 2.45) is 0 Å². The van der Waals surface area contributed by atoms with E-state index < -0.39 is 0 Å². The molecule has 0 aliphatic rings. The molecule has 1 N–H and O–H groups in total. The predicted molar refractivity (Wildman–Crippen MR) is 126 cm³/mol. The molecule has 160 valence electrons. The Kier molecular flexibility index (Phi) is 9.94. The summed E-state index contributed by atoms with van der Waals surface area (Å²) in [4.78, 5) is 19.8. The van der Waals surface area contributed by atoms with Crippen molar-refractivity contribution in [3.63, 3.8) is 0 Å². The highest BCUT2D eigenvalue weighted by molar-refractivity contribution is 8.01. The van der Waals surface area contributed by atoms with Gasteiger partial charge in [-0.2, -0.15) is 0 Å². The van der Waals surface area contributed by atoms with Crippen LogP contribution in [0.5, 0.6) is 5.75 Å². The van der Waals surface area contributed by atoms with Gasteiger partial charge in [-0.05, 0) is 29.8 Å². The van der Waals surface area contributed by atoms with E-state index in [1.54, 1.807) is 37.2 Å². The van der Waals surface area contributed by atoms with Crippen LogP contribution < -0.4 is 10.1 Å². The fourth-order valence-corrected chi connectivity index (χ4v) is 4.80. The molecule has 9 heteroatoms. The van der Waals surface area contributed by atoms with Crippen LogP contribution in [0.3, 0.4) is 0 Å². The van der Waals surface area contributed by atoms with Gasteiger partial charge in [-0.3, -0.25) is 4.79 Å². The Balaban J connectivity index is 0.00000320. The largest absolute Gasteiger partial charge is 0.484 e. The number of likely N-dealkylation sites (N-methyl/N-ethyl adjacent to an activating group) is 1. The van der Waals surface area contributed by atoms with E-state index in [2.05, 4.69) is 22.4 Å². The van der Waals surface area contributed by atoms with Gasteiger partial charge >= 0.3 is 0 Å². The minimum absolute atomic E-state index is 0. The van der Waals surface area contributed by atoms with Crippen LogP contribution in [0.1, 0.15) is 10.4 Å². The van der Waals surface area contributed by atoms with Crippen LogP contribution in [0.15, 0.2) is 63.8 Å². The van der Waals surface area contributed by atoms with E-state index in [-0.39, 0.29) is 24.9 Å². The van der Waals surface area contributed by atoms with Gasteiger partial charge in [-0.1, -0.05) is 53.7 Å². The maximum Gasteiger partial charge on any atom is 0.259 e. The van der Waals surface area contributed by atoms with Crippen LogP contribution in [0.4, 0.5) is 0 Å². The average Bonchev–Trinajstić information content (AvgIpc) is 3.06. The zero-order valence-corrected chi connectivity index (χ0v) is 19.8. The number of ether oxygens (including phenoxy) is 1. The highest BCUT2D eigenvalue weighted by Gasteiger charge is 2.11. The first-order valence-corrected chi connectivity index (χ1v) is 11.0. The van der Waals surface area contributed by atoms with Crippen molar-refractivity contribution in [3.8, 4) is 5.75 Å². The smallest absolute Gasteiger partial charge is 0.259 e. The van der Waals surface area contributed by atoms with E-state index in [9.17, 15) is 4.79 Å². The monoisotopic (exact) mass is 483 g/mol. The molecule has 5 nitrogen and oxygen atoms in total. The summed E-state index contributed by atoms with van der Waals surface area (Å²) in [6.45, 7) is 1.33. The van der Waals surface area contributed by atoms with Crippen LogP contribution in [0.25, 0.3) is 0 Å². The Bertz CT molecular complexity index is 952. The summed E-state index contributed by atoms with van der Waals surface area (Å²) in [6.07, 6.45) is 0. The zero-order chi connectivity index (χ0) is 20.6. The number of carbonyl (C=O) groups is 1. The lowest BCUT2D eigenvalue weighted by molar-refractivity contribution is -0.130. The quantitative estimate of drug-likeness (QED) is 0.457. The molecule has 1 amide bonds. The molecule has 30 heavy (non-hydrogen) atoms. The van der Waals surface area contributed by atoms with E-state index in [0.717, 1.165) is 19.7 Å². The van der Waals surface area contributed by atoms with Gasteiger partial charge in [0.2, 0.25) is 0 Å². The molecule has 2 aromatic carbocycles. The summed E-state index contributed by atoms with van der Waals surface area (Å²) in [5, 5.41) is 3.93. The number of hydrogen-bond acceptors (Lipinski definition) is 6. The number of rotatable bonds is 9. The number of halogens is 2. The molecule has 0 saturated heterocycles. The van der Waals surface area contributed by atoms with E-state index in [1.807, 2.05) is 42.5 Å². The molecule has 0 spiro atoms. The molecule has 1 aromatic heterocycles. The number of benzene rings is 2. The highest BCUT2D eigenvalue weighted by Crippen LogP contribution is 2.34.